The fraction of sp³-hybridized carbons (Fsp3) is 0.0909. The number of pyridine rings is 2. The summed E-state index contributed by atoms with van der Waals surface area (Å²) in [5, 5.41) is 22.2. The Morgan fingerprint density at radius 1 is 1.00 bits per heavy atom. The van der Waals surface area contributed by atoms with Crippen LogP contribution >= 0.6 is 0 Å². The van der Waals surface area contributed by atoms with Crippen LogP contribution < -0.4 is 9.88 Å². The lowest BCUT2D eigenvalue weighted by molar-refractivity contribution is -0.711. The van der Waals surface area contributed by atoms with Crippen molar-refractivity contribution in [1.82, 2.24) is 10.3 Å². The van der Waals surface area contributed by atoms with Gasteiger partial charge in [-0.3, -0.25) is 15.1 Å². The average molecular weight is 369 g/mol. The molecule has 136 valence electrons. The Balaban J connectivity index is 1.78. The number of aliphatic hydroxyl groups excluding tert-OH is 1. The van der Waals surface area contributed by atoms with Gasteiger partial charge in [0, 0.05) is 24.5 Å². The van der Waals surface area contributed by atoms with Crippen molar-refractivity contribution in [3.63, 3.8) is 0 Å². The Morgan fingerprint density at radius 3 is 2.29 bits per heavy atom. The van der Waals surface area contributed by atoms with Crippen LogP contribution in [0.4, 0.5) is 0 Å². The summed E-state index contributed by atoms with van der Waals surface area (Å²) in [6, 6.07) is 18.3. The van der Waals surface area contributed by atoms with E-state index in [2.05, 4.69) is 16.4 Å². The van der Waals surface area contributed by atoms with Gasteiger partial charge in [-0.1, -0.05) is 30.3 Å². The SMILES string of the molecule is N#CC1=C(O)NC(=O)[C@H]([n+]2ccc(-c3ccncc3)cc2)[C@H]1c1ccccc1. The second-order valence-electron chi connectivity index (χ2n) is 6.47. The van der Waals surface area contributed by atoms with E-state index in [9.17, 15) is 15.2 Å². The number of aliphatic hydroxyl groups is 1. The summed E-state index contributed by atoms with van der Waals surface area (Å²) in [5.41, 5.74) is 2.94. The van der Waals surface area contributed by atoms with E-state index in [0.29, 0.717) is 0 Å². The summed E-state index contributed by atoms with van der Waals surface area (Å²) < 4.78 is 1.77. The summed E-state index contributed by atoms with van der Waals surface area (Å²) in [6.07, 6.45) is 7.08. The first-order chi connectivity index (χ1) is 13.7. The molecule has 2 atom stereocenters. The number of aromatic nitrogens is 2. The number of hydrogen-bond donors (Lipinski definition) is 2. The Morgan fingerprint density at radius 2 is 1.64 bits per heavy atom. The van der Waals surface area contributed by atoms with Gasteiger partial charge in [-0.2, -0.15) is 9.83 Å². The predicted octanol–water partition coefficient (Wildman–Crippen LogP) is 2.78. The van der Waals surface area contributed by atoms with Crippen LogP contribution in [0.2, 0.25) is 0 Å². The van der Waals surface area contributed by atoms with Crippen LogP contribution in [0, 0.1) is 11.3 Å². The first-order valence-electron chi connectivity index (χ1n) is 8.79. The average Bonchev–Trinajstić information content (AvgIpc) is 2.75. The predicted molar refractivity (Wildman–Crippen MR) is 101 cm³/mol. The molecule has 0 saturated carbocycles. The minimum atomic E-state index is -0.695. The monoisotopic (exact) mass is 369 g/mol. The number of nitrogens with zero attached hydrogens (tertiary/aromatic N) is 3. The Labute approximate surface area is 162 Å². The zero-order valence-corrected chi connectivity index (χ0v) is 14.9. The molecule has 0 bridgehead atoms. The van der Waals surface area contributed by atoms with Gasteiger partial charge >= 0.3 is 0 Å². The van der Waals surface area contributed by atoms with E-state index in [-0.39, 0.29) is 17.4 Å². The number of hydrogen-bond acceptors (Lipinski definition) is 4. The van der Waals surface area contributed by atoms with E-state index < -0.39 is 12.0 Å². The number of nitriles is 1. The molecule has 0 saturated heterocycles. The van der Waals surface area contributed by atoms with Crippen LogP contribution in [-0.2, 0) is 4.79 Å². The molecule has 0 aliphatic carbocycles. The van der Waals surface area contributed by atoms with Gasteiger partial charge in [0.05, 0.1) is 5.92 Å². The third-order valence-corrected chi connectivity index (χ3v) is 4.86. The molecule has 1 aliphatic rings. The smallest absolute Gasteiger partial charge is 0.296 e. The maximum atomic E-state index is 12.8. The summed E-state index contributed by atoms with van der Waals surface area (Å²) in [5.74, 6) is -1.34. The number of benzene rings is 1. The summed E-state index contributed by atoms with van der Waals surface area (Å²) >= 11 is 0. The highest BCUT2D eigenvalue weighted by atomic mass is 16.3. The van der Waals surface area contributed by atoms with Gasteiger partial charge < -0.3 is 5.11 Å². The van der Waals surface area contributed by atoms with Gasteiger partial charge in [0.2, 0.25) is 11.9 Å². The second-order valence-corrected chi connectivity index (χ2v) is 6.47. The minimum Gasteiger partial charge on any atom is -0.494 e. The van der Waals surface area contributed by atoms with E-state index >= 15 is 0 Å². The highest BCUT2D eigenvalue weighted by Crippen LogP contribution is 2.36. The number of nitrogens with one attached hydrogen (secondary N) is 1. The van der Waals surface area contributed by atoms with Gasteiger partial charge in [0.1, 0.15) is 11.6 Å². The van der Waals surface area contributed by atoms with Crippen LogP contribution in [-0.4, -0.2) is 16.0 Å². The number of allylic oxidation sites excluding steroid dienone is 1. The minimum absolute atomic E-state index is 0.140. The van der Waals surface area contributed by atoms with Crippen molar-refractivity contribution in [3.8, 4) is 17.2 Å². The molecular formula is C22H17N4O2+. The molecule has 0 spiro atoms. The third kappa shape index (κ3) is 3.10. The van der Waals surface area contributed by atoms with Crippen molar-refractivity contribution in [3.05, 3.63) is 96.4 Å². The van der Waals surface area contributed by atoms with E-state index in [1.54, 1.807) is 17.0 Å². The Bertz CT molecular complexity index is 1070. The van der Waals surface area contributed by atoms with E-state index in [1.807, 2.05) is 67.0 Å². The lowest BCUT2D eigenvalue weighted by atomic mass is 9.82. The van der Waals surface area contributed by atoms with Crippen molar-refractivity contribution in [2.75, 3.05) is 0 Å². The molecule has 6 heteroatoms. The second kappa shape index (κ2) is 7.33. The number of rotatable bonds is 3. The molecule has 2 aromatic heterocycles. The van der Waals surface area contributed by atoms with Crippen LogP contribution in [0.1, 0.15) is 17.5 Å². The molecule has 0 fully saturated rings. The fourth-order valence-electron chi connectivity index (χ4n) is 3.51. The maximum absolute atomic E-state index is 12.8. The zero-order chi connectivity index (χ0) is 19.5. The molecule has 4 rings (SSSR count). The first kappa shape index (κ1) is 17.4. The topological polar surface area (TPSA) is 89.9 Å². The highest BCUT2D eigenvalue weighted by molar-refractivity contribution is 5.84. The van der Waals surface area contributed by atoms with Crippen molar-refractivity contribution in [2.45, 2.75) is 12.0 Å². The van der Waals surface area contributed by atoms with Crippen LogP contribution in [0.5, 0.6) is 0 Å². The molecule has 28 heavy (non-hydrogen) atoms. The molecule has 1 amide bonds. The number of carbonyl (C=O) groups is 1. The Hall–Kier alpha value is -3.98. The lowest BCUT2D eigenvalue weighted by Gasteiger charge is -2.27. The zero-order valence-electron chi connectivity index (χ0n) is 14.9. The van der Waals surface area contributed by atoms with Gasteiger partial charge in [-0.05, 0) is 28.8 Å². The van der Waals surface area contributed by atoms with Gasteiger partial charge in [0.15, 0.2) is 12.4 Å². The summed E-state index contributed by atoms with van der Waals surface area (Å²) in [7, 11) is 0. The number of carbonyl (C=O) groups excluding carboxylic acids is 1. The van der Waals surface area contributed by atoms with Crippen molar-refractivity contribution in [1.29, 1.82) is 5.26 Å². The third-order valence-electron chi connectivity index (χ3n) is 4.86. The molecule has 1 aliphatic heterocycles. The van der Waals surface area contributed by atoms with Crippen molar-refractivity contribution in [2.24, 2.45) is 0 Å². The van der Waals surface area contributed by atoms with Crippen molar-refractivity contribution >= 4 is 5.91 Å². The molecule has 6 nitrogen and oxygen atoms in total. The van der Waals surface area contributed by atoms with E-state index in [4.69, 9.17) is 0 Å². The molecule has 0 radical (unpaired) electrons. The molecule has 3 heterocycles. The summed E-state index contributed by atoms with van der Waals surface area (Å²) in [4.78, 5) is 16.8. The molecule has 1 aromatic carbocycles. The molecule has 0 unspecified atom stereocenters. The molecule has 2 N–H and O–H groups in total. The Kier molecular flexibility index (Phi) is 4.56. The maximum Gasteiger partial charge on any atom is 0.296 e. The van der Waals surface area contributed by atoms with Crippen molar-refractivity contribution < 1.29 is 14.5 Å². The van der Waals surface area contributed by atoms with Crippen LogP contribution in [0.15, 0.2) is 90.8 Å². The fourth-order valence-corrected chi connectivity index (χ4v) is 3.51. The van der Waals surface area contributed by atoms with Gasteiger partial charge in [-0.25, -0.2) is 0 Å². The quantitative estimate of drug-likeness (QED) is 0.695. The van der Waals surface area contributed by atoms with E-state index in [0.717, 1.165) is 16.7 Å². The standard InChI is InChI=1S/C22H16N4O2/c23-14-18-19(17-4-2-1-3-5-17)20(22(28)25-21(18)27)26-12-8-16(9-13-26)15-6-10-24-11-7-15/h1-13,19-20H,(H-,25,27,28)/p+1/t19-,20+/m0/s1. The van der Waals surface area contributed by atoms with Crippen LogP contribution in [0.3, 0.4) is 0 Å². The van der Waals surface area contributed by atoms with Gasteiger partial charge in [-0.15, -0.1) is 0 Å². The molecule has 3 aromatic rings. The highest BCUT2D eigenvalue weighted by Gasteiger charge is 2.45. The summed E-state index contributed by atoms with van der Waals surface area (Å²) in [6.45, 7) is 0. The number of amides is 1. The lowest BCUT2D eigenvalue weighted by Crippen LogP contribution is -2.53. The molecular weight excluding hydrogens is 352 g/mol. The normalized spacial score (nSPS) is 19.0. The van der Waals surface area contributed by atoms with Gasteiger partial charge in [0.25, 0.3) is 5.91 Å². The van der Waals surface area contributed by atoms with Crippen LogP contribution in [0.25, 0.3) is 11.1 Å². The van der Waals surface area contributed by atoms with E-state index in [1.165, 1.54) is 0 Å². The first-order valence-corrected chi connectivity index (χ1v) is 8.79. The largest absolute Gasteiger partial charge is 0.494 e.